The van der Waals surface area contributed by atoms with Crippen molar-refractivity contribution in [1.29, 1.82) is 0 Å². The number of benzene rings is 1. The predicted octanol–water partition coefficient (Wildman–Crippen LogP) is 1.23. The van der Waals surface area contributed by atoms with Gasteiger partial charge in [0.2, 0.25) is 5.91 Å². The lowest BCUT2D eigenvalue weighted by molar-refractivity contribution is -0.142. The number of carbonyl (C=O) groups excluding carboxylic acids is 1. The summed E-state index contributed by atoms with van der Waals surface area (Å²) in [5, 5.41) is 11.6. The molecule has 0 bridgehead atoms. The van der Waals surface area contributed by atoms with E-state index in [2.05, 4.69) is 5.32 Å². The molecule has 1 amide bonds. The average molecular weight is 265 g/mol. The molecule has 19 heavy (non-hydrogen) atoms. The van der Waals surface area contributed by atoms with E-state index in [-0.39, 0.29) is 13.0 Å². The number of hydrogen-bond donors (Lipinski definition) is 2. The zero-order valence-corrected chi connectivity index (χ0v) is 11.0. The van der Waals surface area contributed by atoms with Gasteiger partial charge in [0.05, 0.1) is 0 Å². The van der Waals surface area contributed by atoms with Gasteiger partial charge in [0.15, 0.2) is 0 Å². The van der Waals surface area contributed by atoms with Crippen LogP contribution in [0.15, 0.2) is 30.3 Å². The molecule has 1 aromatic rings. The second-order valence-electron chi connectivity index (χ2n) is 4.20. The van der Waals surface area contributed by atoms with Gasteiger partial charge in [0.25, 0.3) is 0 Å². The highest BCUT2D eigenvalue weighted by Crippen LogP contribution is 2.03. The number of carboxylic acid groups (broad SMARTS) is 1. The maximum Gasteiger partial charge on any atom is 0.326 e. The van der Waals surface area contributed by atoms with Gasteiger partial charge in [0, 0.05) is 13.0 Å². The van der Waals surface area contributed by atoms with Crippen LogP contribution in [-0.4, -0.2) is 36.2 Å². The Morgan fingerprint density at radius 2 is 2.00 bits per heavy atom. The van der Waals surface area contributed by atoms with Gasteiger partial charge < -0.3 is 15.2 Å². The number of amides is 1. The Labute approximate surface area is 112 Å². The average Bonchev–Trinajstić information content (AvgIpc) is 2.39. The predicted molar refractivity (Wildman–Crippen MR) is 70.8 cm³/mol. The van der Waals surface area contributed by atoms with E-state index in [0.29, 0.717) is 6.61 Å². The van der Waals surface area contributed by atoms with Crippen LogP contribution in [0.3, 0.4) is 0 Å². The molecular formula is C14H19NO4. The highest BCUT2D eigenvalue weighted by molar-refractivity contribution is 5.84. The molecule has 1 rings (SSSR count). The van der Waals surface area contributed by atoms with Crippen LogP contribution in [-0.2, 0) is 20.7 Å². The number of carboxylic acids is 1. The SMILES string of the molecule is CCCOCC(=O)N[C@H](Cc1ccccc1)C(=O)O. The van der Waals surface area contributed by atoms with Crippen LogP contribution < -0.4 is 5.32 Å². The molecule has 0 aliphatic carbocycles. The number of carbonyl (C=O) groups is 2. The van der Waals surface area contributed by atoms with E-state index in [4.69, 9.17) is 9.84 Å². The summed E-state index contributed by atoms with van der Waals surface area (Å²) in [6.45, 7) is 2.32. The highest BCUT2D eigenvalue weighted by Gasteiger charge is 2.20. The minimum absolute atomic E-state index is 0.105. The van der Waals surface area contributed by atoms with Crippen molar-refractivity contribution in [2.75, 3.05) is 13.2 Å². The van der Waals surface area contributed by atoms with Crippen LogP contribution in [0.25, 0.3) is 0 Å². The van der Waals surface area contributed by atoms with Crippen LogP contribution in [0.5, 0.6) is 0 Å². The minimum Gasteiger partial charge on any atom is -0.480 e. The molecule has 0 aliphatic heterocycles. The maximum atomic E-state index is 11.5. The van der Waals surface area contributed by atoms with Crippen molar-refractivity contribution < 1.29 is 19.4 Å². The first-order valence-corrected chi connectivity index (χ1v) is 6.27. The molecule has 5 heteroatoms. The Kier molecular flexibility index (Phi) is 6.60. The summed E-state index contributed by atoms with van der Waals surface area (Å²) >= 11 is 0. The number of rotatable bonds is 8. The van der Waals surface area contributed by atoms with Gasteiger partial charge in [-0.3, -0.25) is 4.79 Å². The van der Waals surface area contributed by atoms with Gasteiger partial charge in [-0.2, -0.15) is 0 Å². The Hall–Kier alpha value is -1.88. The molecule has 5 nitrogen and oxygen atoms in total. The van der Waals surface area contributed by atoms with Crippen molar-refractivity contribution in [3.8, 4) is 0 Å². The lowest BCUT2D eigenvalue weighted by Crippen LogP contribution is -2.43. The minimum atomic E-state index is -1.05. The topological polar surface area (TPSA) is 75.6 Å². The van der Waals surface area contributed by atoms with Crippen LogP contribution in [0.2, 0.25) is 0 Å². The van der Waals surface area contributed by atoms with Crippen LogP contribution >= 0.6 is 0 Å². The first kappa shape index (κ1) is 15.2. The summed E-state index contributed by atoms with van der Waals surface area (Å²) < 4.78 is 5.07. The van der Waals surface area contributed by atoms with Gasteiger partial charge in [-0.05, 0) is 12.0 Å². The number of ether oxygens (including phenoxy) is 1. The normalized spacial score (nSPS) is 11.8. The van der Waals surface area contributed by atoms with E-state index >= 15 is 0 Å². The van der Waals surface area contributed by atoms with E-state index in [0.717, 1.165) is 12.0 Å². The fraction of sp³-hybridized carbons (Fsp3) is 0.429. The fourth-order valence-corrected chi connectivity index (χ4v) is 1.60. The third-order valence-corrected chi connectivity index (χ3v) is 2.50. The number of nitrogens with one attached hydrogen (secondary N) is 1. The quantitative estimate of drug-likeness (QED) is 0.693. The summed E-state index contributed by atoms with van der Waals surface area (Å²) in [4.78, 5) is 22.6. The highest BCUT2D eigenvalue weighted by atomic mass is 16.5. The van der Waals surface area contributed by atoms with Crippen molar-refractivity contribution >= 4 is 11.9 Å². The monoisotopic (exact) mass is 265 g/mol. The van der Waals surface area contributed by atoms with Crippen molar-refractivity contribution in [1.82, 2.24) is 5.32 Å². The maximum absolute atomic E-state index is 11.5. The second-order valence-corrected chi connectivity index (χ2v) is 4.20. The van der Waals surface area contributed by atoms with Gasteiger partial charge >= 0.3 is 5.97 Å². The largest absolute Gasteiger partial charge is 0.480 e. The summed E-state index contributed by atoms with van der Waals surface area (Å²) in [5.41, 5.74) is 0.865. The van der Waals surface area contributed by atoms with Crippen molar-refractivity contribution in [3.63, 3.8) is 0 Å². The Bertz CT molecular complexity index is 405. The summed E-state index contributed by atoms with van der Waals surface area (Å²) in [6.07, 6.45) is 1.08. The summed E-state index contributed by atoms with van der Waals surface area (Å²) in [5.74, 6) is -1.45. The molecule has 0 aromatic heterocycles. The summed E-state index contributed by atoms with van der Waals surface area (Å²) in [7, 11) is 0. The molecule has 0 heterocycles. The van der Waals surface area contributed by atoms with E-state index in [1.165, 1.54) is 0 Å². The van der Waals surface area contributed by atoms with E-state index in [1.807, 2.05) is 37.3 Å². The lowest BCUT2D eigenvalue weighted by Gasteiger charge is -2.14. The Morgan fingerprint density at radius 3 is 2.58 bits per heavy atom. The van der Waals surface area contributed by atoms with E-state index in [9.17, 15) is 9.59 Å². The van der Waals surface area contributed by atoms with Gasteiger partial charge in [-0.1, -0.05) is 37.3 Å². The second kappa shape index (κ2) is 8.26. The molecular weight excluding hydrogens is 246 g/mol. The lowest BCUT2D eigenvalue weighted by atomic mass is 10.1. The molecule has 0 saturated heterocycles. The zero-order chi connectivity index (χ0) is 14.1. The Balaban J connectivity index is 2.49. The molecule has 104 valence electrons. The molecule has 0 saturated carbocycles. The Morgan fingerprint density at radius 1 is 1.32 bits per heavy atom. The third-order valence-electron chi connectivity index (χ3n) is 2.50. The molecule has 0 spiro atoms. The number of aliphatic carboxylic acids is 1. The molecule has 0 radical (unpaired) electrons. The molecule has 0 unspecified atom stereocenters. The van der Waals surface area contributed by atoms with Crippen molar-refractivity contribution in [3.05, 3.63) is 35.9 Å². The van der Waals surface area contributed by atoms with Gasteiger partial charge in [-0.15, -0.1) is 0 Å². The smallest absolute Gasteiger partial charge is 0.326 e. The van der Waals surface area contributed by atoms with Gasteiger partial charge in [0.1, 0.15) is 12.6 Å². The van der Waals surface area contributed by atoms with Crippen molar-refractivity contribution in [2.24, 2.45) is 0 Å². The van der Waals surface area contributed by atoms with Crippen LogP contribution in [0.1, 0.15) is 18.9 Å². The van der Waals surface area contributed by atoms with E-state index in [1.54, 1.807) is 0 Å². The first-order valence-electron chi connectivity index (χ1n) is 6.27. The van der Waals surface area contributed by atoms with Gasteiger partial charge in [-0.25, -0.2) is 4.79 Å². The molecule has 0 fully saturated rings. The molecule has 2 N–H and O–H groups in total. The standard InChI is InChI=1S/C14H19NO4/c1-2-8-19-10-13(16)15-12(14(17)18)9-11-6-4-3-5-7-11/h3-7,12H,2,8-10H2,1H3,(H,15,16)(H,17,18)/t12-/m1/s1. The zero-order valence-electron chi connectivity index (χ0n) is 11.0. The first-order chi connectivity index (χ1) is 9.13. The van der Waals surface area contributed by atoms with Crippen LogP contribution in [0.4, 0.5) is 0 Å². The third kappa shape index (κ3) is 6.01. The van der Waals surface area contributed by atoms with E-state index < -0.39 is 17.9 Å². The molecule has 1 atom stereocenters. The molecule has 1 aromatic carbocycles. The summed E-state index contributed by atoms with van der Waals surface area (Å²) in [6, 6.07) is 8.25. The van der Waals surface area contributed by atoms with Crippen molar-refractivity contribution in [2.45, 2.75) is 25.8 Å². The van der Waals surface area contributed by atoms with Crippen LogP contribution in [0, 0.1) is 0 Å². The molecule has 0 aliphatic rings. The number of hydrogen-bond acceptors (Lipinski definition) is 3. The fourth-order valence-electron chi connectivity index (χ4n) is 1.60.